The third-order valence-electron chi connectivity index (χ3n) is 5.90. The minimum Gasteiger partial charge on any atom is -0.469 e. The van der Waals surface area contributed by atoms with E-state index >= 15 is 0 Å². The first-order valence-electron chi connectivity index (χ1n) is 12.6. The van der Waals surface area contributed by atoms with Crippen molar-refractivity contribution in [3.8, 4) is 0 Å². The lowest BCUT2D eigenvalue weighted by molar-refractivity contribution is -0.140. The second-order valence-electron chi connectivity index (χ2n) is 8.80. The number of amides is 3. The molecule has 0 heterocycles. The van der Waals surface area contributed by atoms with Crippen molar-refractivity contribution < 1.29 is 23.9 Å². The third kappa shape index (κ3) is 9.20. The SMILES string of the molecule is COC(=O)CCCCCCC(=O)Nc1ccc(C(C(=O)Nc2ccccc2)C(=O)Nc2ccccc2)cc1. The van der Waals surface area contributed by atoms with Gasteiger partial charge in [0.2, 0.25) is 17.7 Å². The number of carbonyl (C=O) groups is 4. The quantitative estimate of drug-likeness (QED) is 0.158. The molecule has 0 unspecified atom stereocenters. The van der Waals surface area contributed by atoms with Crippen LogP contribution in [-0.2, 0) is 23.9 Å². The predicted molar refractivity (Wildman–Crippen MR) is 148 cm³/mol. The molecule has 0 aliphatic carbocycles. The summed E-state index contributed by atoms with van der Waals surface area (Å²) in [5.41, 5.74) is 2.25. The van der Waals surface area contributed by atoms with Gasteiger partial charge in [-0.25, -0.2) is 0 Å². The minimum absolute atomic E-state index is 0.120. The van der Waals surface area contributed by atoms with Crippen molar-refractivity contribution in [2.24, 2.45) is 0 Å². The molecular weight excluding hydrogens is 482 g/mol. The molecule has 0 aromatic heterocycles. The zero-order chi connectivity index (χ0) is 27.2. The number of esters is 1. The lowest BCUT2D eigenvalue weighted by atomic mass is 9.96. The molecule has 3 N–H and O–H groups in total. The van der Waals surface area contributed by atoms with E-state index in [1.165, 1.54) is 7.11 Å². The fourth-order valence-electron chi connectivity index (χ4n) is 3.89. The summed E-state index contributed by atoms with van der Waals surface area (Å²) in [6.45, 7) is 0. The molecule has 0 atom stereocenters. The van der Waals surface area contributed by atoms with E-state index in [1.54, 1.807) is 72.8 Å². The van der Waals surface area contributed by atoms with Crippen molar-refractivity contribution >= 4 is 40.8 Å². The second-order valence-corrected chi connectivity index (χ2v) is 8.80. The van der Waals surface area contributed by atoms with Crippen LogP contribution in [0.15, 0.2) is 84.9 Å². The fraction of sp³-hybridized carbons (Fsp3) is 0.267. The Bertz CT molecular complexity index is 1140. The Labute approximate surface area is 222 Å². The number of unbranched alkanes of at least 4 members (excludes halogenated alkanes) is 3. The van der Waals surface area contributed by atoms with Crippen LogP contribution in [0.2, 0.25) is 0 Å². The fourth-order valence-corrected chi connectivity index (χ4v) is 3.89. The third-order valence-corrected chi connectivity index (χ3v) is 5.90. The zero-order valence-corrected chi connectivity index (χ0v) is 21.4. The monoisotopic (exact) mass is 515 g/mol. The van der Waals surface area contributed by atoms with Gasteiger partial charge in [0, 0.05) is 29.9 Å². The Balaban J connectivity index is 1.60. The van der Waals surface area contributed by atoms with E-state index in [0.29, 0.717) is 41.9 Å². The summed E-state index contributed by atoms with van der Waals surface area (Å²) in [6, 6.07) is 24.6. The van der Waals surface area contributed by atoms with Gasteiger partial charge < -0.3 is 20.7 Å². The van der Waals surface area contributed by atoms with Crippen molar-refractivity contribution in [3.63, 3.8) is 0 Å². The van der Waals surface area contributed by atoms with Gasteiger partial charge in [-0.15, -0.1) is 0 Å². The molecule has 0 aliphatic rings. The molecule has 0 saturated heterocycles. The molecule has 8 nitrogen and oxygen atoms in total. The molecule has 38 heavy (non-hydrogen) atoms. The number of para-hydroxylation sites is 2. The van der Waals surface area contributed by atoms with Crippen LogP contribution in [0.25, 0.3) is 0 Å². The lowest BCUT2D eigenvalue weighted by Crippen LogP contribution is -2.32. The van der Waals surface area contributed by atoms with Crippen LogP contribution in [0.1, 0.15) is 50.0 Å². The van der Waals surface area contributed by atoms with Crippen molar-refractivity contribution in [2.45, 2.75) is 44.4 Å². The zero-order valence-electron chi connectivity index (χ0n) is 21.4. The molecular formula is C30H33N3O5. The Morgan fingerprint density at radius 2 is 1.08 bits per heavy atom. The van der Waals surface area contributed by atoms with Crippen LogP contribution in [0.3, 0.4) is 0 Å². The van der Waals surface area contributed by atoms with E-state index in [1.807, 2.05) is 12.1 Å². The van der Waals surface area contributed by atoms with E-state index in [-0.39, 0.29) is 11.9 Å². The van der Waals surface area contributed by atoms with Crippen LogP contribution in [0, 0.1) is 0 Å². The van der Waals surface area contributed by atoms with Gasteiger partial charge >= 0.3 is 5.97 Å². The maximum absolute atomic E-state index is 13.2. The normalized spacial score (nSPS) is 10.5. The molecule has 0 fully saturated rings. The van der Waals surface area contributed by atoms with Gasteiger partial charge in [0.1, 0.15) is 5.92 Å². The van der Waals surface area contributed by atoms with E-state index in [4.69, 9.17) is 0 Å². The molecule has 0 radical (unpaired) electrons. The summed E-state index contributed by atoms with van der Waals surface area (Å²) in [6.07, 6.45) is 3.91. The number of hydrogen-bond donors (Lipinski definition) is 3. The number of carbonyl (C=O) groups excluding carboxylic acids is 4. The summed E-state index contributed by atoms with van der Waals surface area (Å²) in [5.74, 6) is -2.37. The van der Waals surface area contributed by atoms with E-state index in [0.717, 1.165) is 19.3 Å². The predicted octanol–water partition coefficient (Wildman–Crippen LogP) is 5.50. The van der Waals surface area contributed by atoms with Crippen LogP contribution < -0.4 is 16.0 Å². The molecule has 3 rings (SSSR count). The highest BCUT2D eigenvalue weighted by molar-refractivity contribution is 6.15. The van der Waals surface area contributed by atoms with Crippen LogP contribution in [-0.4, -0.2) is 30.8 Å². The molecule has 3 aromatic carbocycles. The van der Waals surface area contributed by atoms with Crippen LogP contribution in [0.5, 0.6) is 0 Å². The molecule has 0 aliphatic heterocycles. The largest absolute Gasteiger partial charge is 0.469 e. The second kappa shape index (κ2) is 14.9. The van der Waals surface area contributed by atoms with E-state index in [2.05, 4.69) is 20.7 Å². The number of ether oxygens (including phenoxy) is 1. The Hall–Kier alpha value is -4.46. The molecule has 198 valence electrons. The Kier molecular flexibility index (Phi) is 11.1. The summed E-state index contributed by atoms with van der Waals surface area (Å²) >= 11 is 0. The van der Waals surface area contributed by atoms with Gasteiger partial charge in [-0.05, 0) is 54.8 Å². The van der Waals surface area contributed by atoms with Crippen LogP contribution >= 0.6 is 0 Å². The lowest BCUT2D eigenvalue weighted by Gasteiger charge is -2.18. The van der Waals surface area contributed by atoms with Gasteiger partial charge in [0.15, 0.2) is 0 Å². The Morgan fingerprint density at radius 3 is 1.58 bits per heavy atom. The summed E-state index contributed by atoms with van der Waals surface area (Å²) < 4.78 is 4.62. The maximum Gasteiger partial charge on any atom is 0.305 e. The highest BCUT2D eigenvalue weighted by atomic mass is 16.5. The highest BCUT2D eigenvalue weighted by Gasteiger charge is 2.29. The first-order valence-corrected chi connectivity index (χ1v) is 12.6. The minimum atomic E-state index is -1.11. The average Bonchev–Trinajstić information content (AvgIpc) is 2.92. The molecule has 8 heteroatoms. The number of methoxy groups -OCH3 is 1. The molecule has 3 amide bonds. The highest BCUT2D eigenvalue weighted by Crippen LogP contribution is 2.23. The number of nitrogens with one attached hydrogen (secondary N) is 3. The number of hydrogen-bond acceptors (Lipinski definition) is 5. The molecule has 3 aromatic rings. The first-order chi connectivity index (χ1) is 18.5. The number of anilines is 3. The molecule has 0 spiro atoms. The average molecular weight is 516 g/mol. The maximum atomic E-state index is 13.2. The van der Waals surface area contributed by atoms with Gasteiger partial charge in [0.25, 0.3) is 0 Å². The topological polar surface area (TPSA) is 114 Å². The van der Waals surface area contributed by atoms with Crippen molar-refractivity contribution in [2.75, 3.05) is 23.1 Å². The van der Waals surface area contributed by atoms with Gasteiger partial charge in [-0.3, -0.25) is 19.2 Å². The molecule has 0 bridgehead atoms. The van der Waals surface area contributed by atoms with Crippen molar-refractivity contribution in [1.82, 2.24) is 0 Å². The summed E-state index contributed by atoms with van der Waals surface area (Å²) in [7, 11) is 1.37. The summed E-state index contributed by atoms with van der Waals surface area (Å²) in [5, 5.41) is 8.46. The van der Waals surface area contributed by atoms with Gasteiger partial charge in [-0.2, -0.15) is 0 Å². The standard InChI is InChI=1S/C30H33N3O5/c1-38-27(35)17-11-3-2-10-16-26(34)31-25-20-18-22(19-21-25)28(29(36)32-23-12-6-4-7-13-23)30(37)33-24-14-8-5-9-15-24/h4-9,12-15,18-21,28H,2-3,10-11,16-17H2,1H3,(H,31,34)(H,32,36)(H,33,37). The summed E-state index contributed by atoms with van der Waals surface area (Å²) in [4.78, 5) is 49.8. The van der Waals surface area contributed by atoms with Gasteiger partial charge in [-0.1, -0.05) is 61.4 Å². The van der Waals surface area contributed by atoms with Crippen molar-refractivity contribution in [3.05, 3.63) is 90.5 Å². The van der Waals surface area contributed by atoms with E-state index in [9.17, 15) is 19.2 Å². The van der Waals surface area contributed by atoms with E-state index < -0.39 is 17.7 Å². The first kappa shape index (κ1) is 28.1. The number of rotatable bonds is 13. The molecule has 0 saturated carbocycles. The van der Waals surface area contributed by atoms with Gasteiger partial charge in [0.05, 0.1) is 7.11 Å². The van der Waals surface area contributed by atoms with Crippen LogP contribution in [0.4, 0.5) is 17.1 Å². The smallest absolute Gasteiger partial charge is 0.305 e. The number of benzene rings is 3. The van der Waals surface area contributed by atoms with Crippen molar-refractivity contribution in [1.29, 1.82) is 0 Å². The Morgan fingerprint density at radius 1 is 0.605 bits per heavy atom.